The van der Waals surface area contributed by atoms with Crippen LogP contribution in [0, 0.1) is 0 Å². The maximum absolute atomic E-state index is 10.6. The van der Waals surface area contributed by atoms with Crippen molar-refractivity contribution in [1.29, 1.82) is 0 Å². The van der Waals surface area contributed by atoms with Gasteiger partial charge < -0.3 is 75.1 Å². The molecule has 16 nitrogen and oxygen atoms in total. The van der Waals surface area contributed by atoms with Crippen LogP contribution < -0.4 is 9.47 Å². The van der Waals surface area contributed by atoms with Crippen LogP contribution in [0.2, 0.25) is 0 Å². The Balaban J connectivity index is 1.61. The minimum atomic E-state index is -1.82. The molecule has 0 saturated carbocycles. The summed E-state index contributed by atoms with van der Waals surface area (Å²) in [5.41, 5.74) is 0.0554. The number of benzene rings is 2. The molecule has 11 N–H and O–H groups in total. The minimum absolute atomic E-state index is 0.0427. The highest BCUT2D eigenvalue weighted by Crippen LogP contribution is 2.43. The number of ether oxygens (including phenoxy) is 4. The van der Waals surface area contributed by atoms with Crippen LogP contribution in [-0.2, 0) is 9.47 Å². The van der Waals surface area contributed by atoms with Crippen molar-refractivity contribution >= 4 is 11.0 Å². The summed E-state index contributed by atoms with van der Waals surface area (Å²) in [6.45, 7) is -1.46. The van der Waals surface area contributed by atoms with Crippen LogP contribution in [0.5, 0.6) is 28.7 Å². The van der Waals surface area contributed by atoms with Gasteiger partial charge in [0.2, 0.25) is 18.3 Å². The van der Waals surface area contributed by atoms with E-state index in [-0.39, 0.29) is 33.8 Å². The van der Waals surface area contributed by atoms with Gasteiger partial charge in [-0.05, 0) is 12.1 Å². The molecule has 234 valence electrons. The SMILES string of the molecule is OC[C@@H]1O[C@H](Oc2cc3c(O[C@@H]4O[C@H](CO)[C@@H](O)[C@H](O)[C@H]4O)cc(O)cc3[o+]c2-c2ccc(O)c(O)c2)[C@@H](O)[C@H](O)[C@H]1O. The molecule has 10 atom stereocenters. The van der Waals surface area contributed by atoms with Crippen LogP contribution in [0.25, 0.3) is 22.3 Å². The minimum Gasteiger partial charge on any atom is -0.507 e. The predicted octanol–water partition coefficient (Wildman–Crippen LogP) is -2.14. The topological polar surface area (TPSA) is 271 Å². The third-order valence-electron chi connectivity index (χ3n) is 7.22. The molecular weight excluding hydrogens is 580 g/mol. The van der Waals surface area contributed by atoms with E-state index >= 15 is 0 Å². The number of fused-ring (bicyclic) bond motifs is 1. The second kappa shape index (κ2) is 12.2. The number of hydrogen-bond acceptors (Lipinski definition) is 15. The van der Waals surface area contributed by atoms with Crippen molar-refractivity contribution in [2.75, 3.05) is 13.2 Å². The average Bonchev–Trinajstić information content (AvgIpc) is 2.98. The van der Waals surface area contributed by atoms with Crippen LogP contribution in [0.3, 0.4) is 0 Å². The van der Waals surface area contributed by atoms with Gasteiger partial charge in [-0.25, -0.2) is 4.42 Å². The number of phenols is 3. The third-order valence-corrected chi connectivity index (χ3v) is 7.22. The molecule has 2 aromatic carbocycles. The first-order valence-corrected chi connectivity index (χ1v) is 13.0. The molecule has 0 aliphatic carbocycles. The first-order valence-electron chi connectivity index (χ1n) is 13.0. The van der Waals surface area contributed by atoms with E-state index in [1.165, 1.54) is 18.2 Å². The molecule has 2 fully saturated rings. The number of rotatable bonds is 7. The van der Waals surface area contributed by atoms with E-state index in [1.54, 1.807) is 0 Å². The van der Waals surface area contributed by atoms with Crippen molar-refractivity contribution in [3.05, 3.63) is 36.4 Å². The number of hydrogen-bond donors (Lipinski definition) is 11. The number of aromatic hydroxyl groups is 3. The van der Waals surface area contributed by atoms with Gasteiger partial charge in [-0.15, -0.1) is 0 Å². The number of phenolic OH excluding ortho intramolecular Hbond substituents is 3. The van der Waals surface area contributed by atoms with Gasteiger partial charge in [0, 0.05) is 18.2 Å². The van der Waals surface area contributed by atoms with E-state index in [2.05, 4.69) is 0 Å². The molecule has 0 bridgehead atoms. The quantitative estimate of drug-likeness (QED) is 0.100. The van der Waals surface area contributed by atoms with Crippen LogP contribution in [-0.4, -0.2) is 131 Å². The maximum atomic E-state index is 10.6. The van der Waals surface area contributed by atoms with E-state index in [0.717, 1.165) is 18.2 Å². The van der Waals surface area contributed by atoms with E-state index in [4.69, 9.17) is 23.4 Å². The molecular formula is C27H31O16+. The normalized spacial score (nSPS) is 32.9. The summed E-state index contributed by atoms with van der Waals surface area (Å²) in [7, 11) is 0. The Bertz CT molecular complexity index is 1450. The Morgan fingerprint density at radius 2 is 1.19 bits per heavy atom. The zero-order valence-electron chi connectivity index (χ0n) is 22.1. The van der Waals surface area contributed by atoms with Crippen molar-refractivity contribution in [3.8, 4) is 40.1 Å². The van der Waals surface area contributed by atoms with Gasteiger partial charge in [0.25, 0.3) is 0 Å². The monoisotopic (exact) mass is 611 g/mol. The molecule has 2 saturated heterocycles. The molecule has 3 aromatic rings. The highest BCUT2D eigenvalue weighted by molar-refractivity contribution is 5.89. The van der Waals surface area contributed by atoms with Gasteiger partial charge in [-0.3, -0.25) is 0 Å². The molecule has 0 unspecified atom stereocenters. The smallest absolute Gasteiger partial charge is 0.402 e. The summed E-state index contributed by atoms with van der Waals surface area (Å²) < 4.78 is 28.4. The van der Waals surface area contributed by atoms with Crippen LogP contribution >= 0.6 is 0 Å². The van der Waals surface area contributed by atoms with E-state index < -0.39 is 91.9 Å². The first kappa shape index (κ1) is 30.9. The van der Waals surface area contributed by atoms with Gasteiger partial charge in [-0.2, -0.15) is 0 Å². The van der Waals surface area contributed by atoms with E-state index in [1.807, 2.05) is 0 Å². The lowest BCUT2D eigenvalue weighted by molar-refractivity contribution is -0.277. The second-order valence-corrected chi connectivity index (χ2v) is 10.1. The Morgan fingerprint density at radius 1 is 0.628 bits per heavy atom. The van der Waals surface area contributed by atoms with Crippen LogP contribution in [0.1, 0.15) is 0 Å². The molecule has 2 aliphatic rings. The van der Waals surface area contributed by atoms with Gasteiger partial charge in [0.05, 0.1) is 24.8 Å². The lowest BCUT2D eigenvalue weighted by atomic mass is 9.99. The molecule has 43 heavy (non-hydrogen) atoms. The van der Waals surface area contributed by atoms with E-state index in [9.17, 15) is 56.2 Å². The third kappa shape index (κ3) is 5.85. The Kier molecular flexibility index (Phi) is 8.77. The van der Waals surface area contributed by atoms with Gasteiger partial charge in [-0.1, -0.05) is 0 Å². The van der Waals surface area contributed by atoms with E-state index in [0.29, 0.717) is 0 Å². The lowest BCUT2D eigenvalue weighted by Gasteiger charge is -2.39. The maximum Gasteiger partial charge on any atom is 0.402 e. The Hall–Kier alpha value is -3.55. The molecule has 1 aromatic heterocycles. The highest BCUT2D eigenvalue weighted by atomic mass is 16.7. The van der Waals surface area contributed by atoms with Gasteiger partial charge >= 0.3 is 11.3 Å². The van der Waals surface area contributed by atoms with Crippen molar-refractivity contribution in [2.45, 2.75) is 61.4 Å². The fourth-order valence-corrected chi connectivity index (χ4v) is 4.80. The molecule has 16 heteroatoms. The first-order chi connectivity index (χ1) is 20.4. The molecule has 0 radical (unpaired) electrons. The van der Waals surface area contributed by atoms with Crippen molar-refractivity contribution < 1.29 is 79.5 Å². The summed E-state index contributed by atoms with van der Waals surface area (Å²) >= 11 is 0. The standard InChI is InChI=1S/C27H30O16/c28-7-17-19(33)21(35)23(37)26(42-17)40-15-5-10(30)4-14-11(15)6-16(25(39-14)9-1-2-12(31)13(32)3-9)41-27-24(38)22(36)20(34)18(8-29)43-27/h1-6,17-24,26-29,33-38H,7-8H2,(H2-,30,31,32)/p+1/t17-,18+,19-,20+,21+,22-,23-,24+,26-,27+/m1/s1. The lowest BCUT2D eigenvalue weighted by Crippen LogP contribution is -2.60. The largest absolute Gasteiger partial charge is 0.507 e. The van der Waals surface area contributed by atoms with Crippen molar-refractivity contribution in [3.63, 3.8) is 0 Å². The fraction of sp³-hybridized carbons (Fsp3) is 0.444. The van der Waals surface area contributed by atoms with Gasteiger partial charge in [0.1, 0.15) is 65.7 Å². The zero-order chi connectivity index (χ0) is 31.2. The summed E-state index contributed by atoms with van der Waals surface area (Å²) in [4.78, 5) is 0. The highest BCUT2D eigenvalue weighted by Gasteiger charge is 2.47. The zero-order valence-corrected chi connectivity index (χ0v) is 22.1. The molecule has 5 rings (SSSR count). The fourth-order valence-electron chi connectivity index (χ4n) is 4.80. The Morgan fingerprint density at radius 3 is 1.72 bits per heavy atom. The van der Waals surface area contributed by atoms with Gasteiger partial charge in [0.15, 0.2) is 11.5 Å². The molecule has 0 spiro atoms. The number of aliphatic hydroxyl groups is 8. The summed E-state index contributed by atoms with van der Waals surface area (Å²) in [6, 6.07) is 7.17. The molecule has 3 heterocycles. The van der Waals surface area contributed by atoms with Crippen LogP contribution in [0.15, 0.2) is 40.8 Å². The van der Waals surface area contributed by atoms with Crippen LogP contribution in [0.4, 0.5) is 0 Å². The molecule has 2 aliphatic heterocycles. The molecule has 0 amide bonds. The number of aliphatic hydroxyl groups excluding tert-OH is 8. The Labute approximate surface area is 242 Å². The second-order valence-electron chi connectivity index (χ2n) is 10.1. The summed E-state index contributed by atoms with van der Waals surface area (Å²) in [5, 5.41) is 111. The predicted molar refractivity (Wildman–Crippen MR) is 140 cm³/mol. The van der Waals surface area contributed by atoms with Crippen molar-refractivity contribution in [2.24, 2.45) is 0 Å². The average molecular weight is 612 g/mol. The summed E-state index contributed by atoms with van der Waals surface area (Å²) in [6.07, 6.45) is -16.4. The van der Waals surface area contributed by atoms with Crippen molar-refractivity contribution in [1.82, 2.24) is 0 Å². The summed E-state index contributed by atoms with van der Waals surface area (Å²) in [5.74, 6) is -1.96.